The van der Waals surface area contributed by atoms with Crippen LogP contribution in [0.1, 0.15) is 53.2 Å². The van der Waals surface area contributed by atoms with E-state index < -0.39 is 98.7 Å². The highest BCUT2D eigenvalue weighted by atomic mass is 31.2. The number of rotatable bonds is 13. The molecule has 0 amide bonds. The lowest BCUT2D eigenvalue weighted by Crippen LogP contribution is -2.42. The topological polar surface area (TPSA) is 223 Å². The number of aliphatic hydroxyl groups excluding tert-OH is 3. The van der Waals surface area contributed by atoms with Gasteiger partial charge >= 0.3 is 17.3 Å². The highest BCUT2D eigenvalue weighted by Crippen LogP contribution is 2.54. The zero-order valence-electron chi connectivity index (χ0n) is 28.9. The highest BCUT2D eigenvalue weighted by molar-refractivity contribution is 7.56. The summed E-state index contributed by atoms with van der Waals surface area (Å²) in [7, 11) is -1.08. The Morgan fingerprint density at radius 1 is 0.904 bits per heavy atom. The summed E-state index contributed by atoms with van der Waals surface area (Å²) in [5.74, 6) is -1.38. The van der Waals surface area contributed by atoms with E-state index in [4.69, 9.17) is 18.7 Å². The van der Waals surface area contributed by atoms with Gasteiger partial charge in [0.15, 0.2) is 0 Å². The summed E-state index contributed by atoms with van der Waals surface area (Å²) in [6, 6.07) is 3.88. The maximum Gasteiger partial charge on any atom is 0.338 e. The third-order valence-electron chi connectivity index (χ3n) is 9.48. The van der Waals surface area contributed by atoms with Gasteiger partial charge in [0.05, 0.1) is 30.4 Å². The predicted octanol–water partition coefficient (Wildman–Crippen LogP) is 0.0120. The number of hydrogen-bond donors (Lipinski definition) is 3. The van der Waals surface area contributed by atoms with Gasteiger partial charge in [0.1, 0.15) is 37.8 Å². The molecule has 5 rings (SSSR count). The Morgan fingerprint density at radius 3 is 1.92 bits per heavy atom. The molecular formula is C32H41FN5O13P. The van der Waals surface area contributed by atoms with Gasteiger partial charge in [0, 0.05) is 49.6 Å². The third-order valence-corrected chi connectivity index (χ3v) is 12.1. The van der Waals surface area contributed by atoms with Crippen LogP contribution in [-0.4, -0.2) is 95.5 Å². The zero-order valence-corrected chi connectivity index (χ0v) is 29.8. The first-order chi connectivity index (χ1) is 24.7. The normalized spacial score (nSPS) is 24.3. The lowest BCUT2D eigenvalue weighted by molar-refractivity contribution is -0.0349. The minimum absolute atomic E-state index is 0.0286. The molecule has 2 aliphatic rings. The molecule has 18 nitrogen and oxygen atoms in total. The Bertz CT molecular complexity index is 2080. The van der Waals surface area contributed by atoms with Crippen molar-refractivity contribution in [3.8, 4) is 0 Å². The van der Waals surface area contributed by atoms with Crippen molar-refractivity contribution < 1.29 is 47.8 Å². The summed E-state index contributed by atoms with van der Waals surface area (Å²) in [6.07, 6.45) is -2.78. The SMILES string of the molecule is COP(=O)(CC[C@H]1OC(n2cc(C)c(=O)n(CO)c2=O)CC1OC(=O)c1ccc(F)cc1)N(C)C1CC(n2cc(C)c(=O)n(CO)c2=O)O[C@@H]1CO. The zero-order chi connectivity index (χ0) is 38.1. The number of aryl methyl sites for hydroxylation is 2. The maximum absolute atomic E-state index is 14.4. The van der Waals surface area contributed by atoms with Gasteiger partial charge in [-0.1, -0.05) is 0 Å². The van der Waals surface area contributed by atoms with Crippen molar-refractivity contribution in [3.63, 3.8) is 0 Å². The van der Waals surface area contributed by atoms with E-state index in [0.717, 1.165) is 21.3 Å². The summed E-state index contributed by atoms with van der Waals surface area (Å²) in [5, 5.41) is 29.5. The Labute approximate surface area is 295 Å². The summed E-state index contributed by atoms with van der Waals surface area (Å²) in [6.45, 7) is 0.642. The van der Waals surface area contributed by atoms with Gasteiger partial charge < -0.3 is 34.1 Å². The van der Waals surface area contributed by atoms with Crippen molar-refractivity contribution in [2.75, 3.05) is 26.9 Å². The summed E-state index contributed by atoms with van der Waals surface area (Å²) >= 11 is 0. The van der Waals surface area contributed by atoms with Crippen LogP contribution in [0.25, 0.3) is 0 Å². The Kier molecular flexibility index (Phi) is 12.0. The number of esters is 1. The first kappa shape index (κ1) is 39.1. The van der Waals surface area contributed by atoms with Crippen LogP contribution in [-0.2, 0) is 36.8 Å². The monoisotopic (exact) mass is 753 g/mol. The summed E-state index contributed by atoms with van der Waals surface area (Å²) < 4.78 is 56.3. The van der Waals surface area contributed by atoms with Gasteiger partial charge in [-0.2, -0.15) is 0 Å². The molecule has 2 fully saturated rings. The molecule has 0 saturated carbocycles. The van der Waals surface area contributed by atoms with E-state index in [1.54, 1.807) is 0 Å². The fourth-order valence-corrected chi connectivity index (χ4v) is 8.59. The van der Waals surface area contributed by atoms with Crippen molar-refractivity contribution in [2.45, 2.75) is 83.4 Å². The van der Waals surface area contributed by atoms with Crippen molar-refractivity contribution in [1.82, 2.24) is 22.9 Å². The number of aromatic nitrogens is 4. The van der Waals surface area contributed by atoms with Crippen LogP contribution in [0.15, 0.2) is 55.8 Å². The van der Waals surface area contributed by atoms with Crippen LogP contribution in [0.2, 0.25) is 0 Å². The number of aliphatic hydroxyl groups is 3. The fourth-order valence-electron chi connectivity index (χ4n) is 6.56. The molecule has 2 aliphatic heterocycles. The minimum atomic E-state index is -3.81. The van der Waals surface area contributed by atoms with E-state index in [1.807, 2.05) is 0 Å². The van der Waals surface area contributed by atoms with E-state index in [2.05, 4.69) is 0 Å². The second kappa shape index (κ2) is 15.9. The first-order valence-electron chi connectivity index (χ1n) is 16.3. The van der Waals surface area contributed by atoms with Gasteiger partial charge in [0.2, 0.25) is 0 Å². The fraction of sp³-hybridized carbons (Fsp3) is 0.531. The van der Waals surface area contributed by atoms with E-state index in [1.165, 1.54) is 57.2 Å². The molecule has 3 aromatic rings. The van der Waals surface area contributed by atoms with E-state index in [0.29, 0.717) is 9.13 Å². The number of nitrogens with zero attached hydrogens (tertiary/aromatic N) is 5. The van der Waals surface area contributed by atoms with Crippen LogP contribution < -0.4 is 22.5 Å². The number of ether oxygens (including phenoxy) is 3. The number of hydrogen-bond acceptors (Lipinski definition) is 13. The largest absolute Gasteiger partial charge is 0.456 e. The molecule has 3 N–H and O–H groups in total. The van der Waals surface area contributed by atoms with Crippen LogP contribution in [0.4, 0.5) is 4.39 Å². The smallest absolute Gasteiger partial charge is 0.338 e. The van der Waals surface area contributed by atoms with Gasteiger partial charge in [-0.15, -0.1) is 0 Å². The molecule has 5 unspecified atom stereocenters. The first-order valence-corrected chi connectivity index (χ1v) is 18.1. The Hall–Kier alpha value is -4.07. The lowest BCUT2D eigenvalue weighted by atomic mass is 10.1. The summed E-state index contributed by atoms with van der Waals surface area (Å²) in [5.41, 5.74) is -2.74. The molecule has 284 valence electrons. The van der Waals surface area contributed by atoms with E-state index in [9.17, 15) is 48.2 Å². The molecule has 52 heavy (non-hydrogen) atoms. The van der Waals surface area contributed by atoms with Gasteiger partial charge in [-0.3, -0.25) is 23.3 Å². The minimum Gasteiger partial charge on any atom is -0.456 e. The molecule has 2 saturated heterocycles. The van der Waals surface area contributed by atoms with Crippen LogP contribution >= 0.6 is 7.52 Å². The number of halogens is 1. The average Bonchev–Trinajstić information content (AvgIpc) is 3.74. The van der Waals surface area contributed by atoms with Gasteiger partial charge in [-0.25, -0.2) is 32.6 Å². The van der Waals surface area contributed by atoms with Crippen molar-refractivity contribution in [3.05, 3.63) is 101 Å². The van der Waals surface area contributed by atoms with Gasteiger partial charge in [0.25, 0.3) is 18.6 Å². The quantitative estimate of drug-likeness (QED) is 0.155. The van der Waals surface area contributed by atoms with Crippen LogP contribution in [0.3, 0.4) is 0 Å². The maximum atomic E-state index is 14.4. The van der Waals surface area contributed by atoms with Gasteiger partial charge in [-0.05, 0) is 51.6 Å². The third kappa shape index (κ3) is 7.53. The second-order valence-corrected chi connectivity index (χ2v) is 15.3. The molecule has 4 heterocycles. The Morgan fingerprint density at radius 2 is 1.42 bits per heavy atom. The second-order valence-electron chi connectivity index (χ2n) is 12.6. The molecule has 2 aromatic heterocycles. The molecule has 20 heteroatoms. The number of carbonyl (C=O) groups excluding carboxylic acids is 1. The molecule has 7 atom stereocenters. The van der Waals surface area contributed by atoms with Crippen molar-refractivity contribution in [2.24, 2.45) is 0 Å². The lowest BCUT2D eigenvalue weighted by Gasteiger charge is -2.34. The van der Waals surface area contributed by atoms with Crippen LogP contribution in [0.5, 0.6) is 0 Å². The highest BCUT2D eigenvalue weighted by Gasteiger charge is 2.46. The molecular weight excluding hydrogens is 712 g/mol. The molecule has 0 aliphatic carbocycles. The molecule has 1 aromatic carbocycles. The molecule has 0 radical (unpaired) electrons. The summed E-state index contributed by atoms with van der Waals surface area (Å²) in [4.78, 5) is 63.9. The predicted molar refractivity (Wildman–Crippen MR) is 179 cm³/mol. The average molecular weight is 754 g/mol. The van der Waals surface area contributed by atoms with Crippen LogP contribution in [0, 0.1) is 19.7 Å². The number of benzene rings is 1. The van der Waals surface area contributed by atoms with Crippen molar-refractivity contribution in [1.29, 1.82) is 0 Å². The number of carbonyl (C=O) groups is 1. The Balaban J connectivity index is 1.40. The number of likely N-dealkylation sites (N-methyl/N-ethyl adjacent to an activating group) is 1. The van der Waals surface area contributed by atoms with E-state index in [-0.39, 0.29) is 42.1 Å². The standard InChI is InChI=1S/C32H41FN5O13P/c1-18-13-35(31(45)37(16-40)28(18)42)26-11-22(25(15-39)50-26)34(3)52(47,48-4)10-9-23-24(51-30(44)20-5-7-21(33)8-6-20)12-27(49-23)36-14-19(2)29(43)38(17-41)32(36)46/h5-8,13-14,22-27,39-41H,9-12,15-17H2,1-4H3/t22?,23-,24?,25-,26?,27?,52?/m1/s1. The van der Waals surface area contributed by atoms with Crippen molar-refractivity contribution >= 4 is 13.5 Å². The molecule has 0 spiro atoms. The molecule has 0 bridgehead atoms. The van der Waals surface area contributed by atoms with E-state index >= 15 is 0 Å².